The minimum absolute atomic E-state index is 0.284. The fraction of sp³-hybridized carbons (Fsp3) is 0.600. The molecule has 3 atom stereocenters. The molecule has 0 radical (unpaired) electrons. The first-order valence-corrected chi connectivity index (χ1v) is 7.54. The quantitative estimate of drug-likeness (QED) is 0.490. The third kappa shape index (κ3) is 5.28. The third-order valence-corrected chi connectivity index (χ3v) is 5.37. The van der Waals surface area contributed by atoms with E-state index in [1.54, 1.807) is 6.92 Å². The molecule has 0 spiro atoms. The second-order valence-electron chi connectivity index (χ2n) is 3.61. The highest BCUT2D eigenvalue weighted by Gasteiger charge is 2.31. The SMILES string of the molecule is C=C(/C(Cl)=C/Br)[C@H](Cl)C[C@@H](O)[C@@](C)(Br)CCl. The highest BCUT2D eigenvalue weighted by molar-refractivity contribution is 9.11. The topological polar surface area (TPSA) is 20.2 Å². The van der Waals surface area contributed by atoms with Crippen LogP contribution in [0.25, 0.3) is 0 Å². The van der Waals surface area contributed by atoms with Gasteiger partial charge in [-0.15, -0.1) is 23.2 Å². The van der Waals surface area contributed by atoms with E-state index in [-0.39, 0.29) is 5.88 Å². The van der Waals surface area contributed by atoms with Crippen LogP contribution in [0.15, 0.2) is 22.2 Å². The Kier molecular flexibility index (Phi) is 8.26. The van der Waals surface area contributed by atoms with E-state index in [9.17, 15) is 5.11 Å². The van der Waals surface area contributed by atoms with Crippen LogP contribution in [0.1, 0.15) is 13.3 Å². The molecule has 0 saturated heterocycles. The molecule has 0 rings (SSSR count). The van der Waals surface area contributed by atoms with Crippen molar-refractivity contribution in [3.05, 3.63) is 22.2 Å². The molecule has 0 aromatic heterocycles. The number of hydrogen-bond acceptors (Lipinski definition) is 1. The number of hydrogen-bond donors (Lipinski definition) is 1. The summed E-state index contributed by atoms with van der Waals surface area (Å²) >= 11 is 24.1. The van der Waals surface area contributed by atoms with Crippen LogP contribution in [0.2, 0.25) is 0 Å². The first-order chi connectivity index (χ1) is 7.26. The van der Waals surface area contributed by atoms with Gasteiger partial charge in [-0.3, -0.25) is 0 Å². The van der Waals surface area contributed by atoms with E-state index >= 15 is 0 Å². The molecular formula is C10H13Br2Cl3O. The van der Waals surface area contributed by atoms with Gasteiger partial charge in [-0.1, -0.05) is 50.0 Å². The number of aliphatic hydroxyl groups is 1. The van der Waals surface area contributed by atoms with Crippen LogP contribution < -0.4 is 0 Å². The van der Waals surface area contributed by atoms with Crippen LogP contribution in [0.4, 0.5) is 0 Å². The zero-order valence-corrected chi connectivity index (χ0v) is 14.1. The van der Waals surface area contributed by atoms with Crippen molar-refractivity contribution in [2.45, 2.75) is 29.1 Å². The van der Waals surface area contributed by atoms with Gasteiger partial charge < -0.3 is 5.11 Å². The molecule has 94 valence electrons. The minimum Gasteiger partial charge on any atom is -0.392 e. The summed E-state index contributed by atoms with van der Waals surface area (Å²) in [6, 6.07) is 0. The van der Waals surface area contributed by atoms with Crippen molar-refractivity contribution in [2.24, 2.45) is 0 Å². The lowest BCUT2D eigenvalue weighted by Crippen LogP contribution is -2.37. The molecule has 6 heteroatoms. The van der Waals surface area contributed by atoms with E-state index < -0.39 is 15.8 Å². The van der Waals surface area contributed by atoms with Crippen molar-refractivity contribution < 1.29 is 5.11 Å². The molecule has 0 aliphatic heterocycles. The molecule has 0 heterocycles. The molecule has 0 fully saturated rings. The van der Waals surface area contributed by atoms with Gasteiger partial charge in [0.05, 0.1) is 20.8 Å². The summed E-state index contributed by atoms with van der Waals surface area (Å²) in [5, 5.41) is 9.92. The molecule has 0 aliphatic carbocycles. The Morgan fingerprint density at radius 1 is 1.62 bits per heavy atom. The van der Waals surface area contributed by atoms with Crippen molar-refractivity contribution in [3.63, 3.8) is 0 Å². The monoisotopic (exact) mass is 412 g/mol. The predicted octanol–water partition coefficient (Wildman–Crippen LogP) is 4.77. The van der Waals surface area contributed by atoms with Crippen LogP contribution in [0.3, 0.4) is 0 Å². The van der Waals surface area contributed by atoms with Gasteiger partial charge in [0.2, 0.25) is 0 Å². The summed E-state index contributed by atoms with van der Waals surface area (Å²) < 4.78 is -0.563. The van der Waals surface area contributed by atoms with E-state index in [4.69, 9.17) is 34.8 Å². The number of rotatable bonds is 6. The number of allylic oxidation sites excluding steroid dienone is 2. The first kappa shape index (κ1) is 17.3. The molecule has 0 aliphatic rings. The summed E-state index contributed by atoms with van der Waals surface area (Å²) in [5.74, 6) is 0.284. The normalized spacial score (nSPS) is 20.1. The summed E-state index contributed by atoms with van der Waals surface area (Å²) in [7, 11) is 0. The zero-order valence-electron chi connectivity index (χ0n) is 8.69. The van der Waals surface area contributed by atoms with Gasteiger partial charge in [-0.05, 0) is 18.9 Å². The maximum Gasteiger partial charge on any atom is 0.0719 e. The fourth-order valence-corrected chi connectivity index (χ4v) is 2.03. The Bertz CT molecular complexity index is 279. The van der Waals surface area contributed by atoms with Crippen LogP contribution in [-0.2, 0) is 0 Å². The van der Waals surface area contributed by atoms with E-state index in [0.29, 0.717) is 17.0 Å². The Labute approximate surface area is 128 Å². The van der Waals surface area contributed by atoms with Crippen LogP contribution in [-0.4, -0.2) is 26.8 Å². The second kappa shape index (κ2) is 7.65. The van der Waals surface area contributed by atoms with Crippen LogP contribution in [0.5, 0.6) is 0 Å². The molecule has 0 aromatic carbocycles. The maximum absolute atomic E-state index is 9.92. The molecule has 0 unspecified atom stereocenters. The Morgan fingerprint density at radius 2 is 2.12 bits per heavy atom. The number of halogens is 5. The second-order valence-corrected chi connectivity index (χ2v) is 7.08. The standard InChI is InChI=1S/C10H13Br2Cl3O/c1-6(8(15)4-11)7(14)3-9(16)10(2,12)5-13/h4,7,9,16H,1,3,5H2,2H3/b8-4-/t7-,9-,10+/m1/s1. The molecule has 0 amide bonds. The first-order valence-electron chi connectivity index (χ1n) is 4.48. The number of aliphatic hydroxyl groups excluding tert-OH is 1. The molecular weight excluding hydrogens is 402 g/mol. The summed E-state index contributed by atoms with van der Waals surface area (Å²) in [4.78, 5) is 1.54. The van der Waals surface area contributed by atoms with Gasteiger partial charge in [0.15, 0.2) is 0 Å². The molecule has 0 saturated carbocycles. The molecule has 1 nitrogen and oxygen atoms in total. The lowest BCUT2D eigenvalue weighted by molar-refractivity contribution is 0.138. The minimum atomic E-state index is -0.677. The third-order valence-electron chi connectivity index (χ3n) is 2.17. The van der Waals surface area contributed by atoms with Gasteiger partial charge in [0, 0.05) is 10.9 Å². The molecule has 0 aromatic rings. The summed E-state index contributed by atoms with van der Waals surface area (Å²) in [5.41, 5.74) is 0.567. The highest BCUT2D eigenvalue weighted by atomic mass is 79.9. The highest BCUT2D eigenvalue weighted by Crippen LogP contribution is 2.31. The largest absolute Gasteiger partial charge is 0.392 e. The van der Waals surface area contributed by atoms with Gasteiger partial charge in [-0.2, -0.15) is 0 Å². The smallest absolute Gasteiger partial charge is 0.0719 e. The van der Waals surface area contributed by atoms with Crippen molar-refractivity contribution >= 4 is 66.7 Å². The molecule has 0 bridgehead atoms. The molecule has 16 heavy (non-hydrogen) atoms. The van der Waals surface area contributed by atoms with Crippen LogP contribution in [0, 0.1) is 0 Å². The maximum atomic E-state index is 9.92. The van der Waals surface area contributed by atoms with Crippen molar-refractivity contribution in [1.29, 1.82) is 0 Å². The average molecular weight is 415 g/mol. The summed E-state index contributed by atoms with van der Waals surface area (Å²) in [6.07, 6.45) is -0.351. The van der Waals surface area contributed by atoms with Gasteiger partial charge in [-0.25, -0.2) is 0 Å². The van der Waals surface area contributed by atoms with Gasteiger partial charge >= 0.3 is 0 Å². The Balaban J connectivity index is 4.46. The van der Waals surface area contributed by atoms with E-state index in [1.165, 1.54) is 4.99 Å². The van der Waals surface area contributed by atoms with E-state index in [1.807, 2.05) is 0 Å². The Hall–Kier alpha value is 1.27. The zero-order chi connectivity index (χ0) is 12.9. The fourth-order valence-electron chi connectivity index (χ4n) is 0.893. The lowest BCUT2D eigenvalue weighted by Gasteiger charge is -2.28. The molecule has 1 N–H and O–H groups in total. The van der Waals surface area contributed by atoms with Crippen LogP contribution >= 0.6 is 66.7 Å². The van der Waals surface area contributed by atoms with Gasteiger partial charge in [0.1, 0.15) is 0 Å². The predicted molar refractivity (Wildman–Crippen MR) is 80.3 cm³/mol. The average Bonchev–Trinajstić information content (AvgIpc) is 2.26. The number of alkyl halides is 3. The van der Waals surface area contributed by atoms with E-state index in [0.717, 1.165) is 0 Å². The summed E-state index contributed by atoms with van der Waals surface area (Å²) in [6.45, 7) is 5.57. The van der Waals surface area contributed by atoms with Crippen molar-refractivity contribution in [1.82, 2.24) is 0 Å². The van der Waals surface area contributed by atoms with Crippen molar-refractivity contribution in [2.75, 3.05) is 5.88 Å². The Morgan fingerprint density at radius 3 is 2.50 bits per heavy atom. The lowest BCUT2D eigenvalue weighted by atomic mass is 9.99. The van der Waals surface area contributed by atoms with Gasteiger partial charge in [0.25, 0.3) is 0 Å². The van der Waals surface area contributed by atoms with Crippen molar-refractivity contribution in [3.8, 4) is 0 Å². The van der Waals surface area contributed by atoms with E-state index in [2.05, 4.69) is 38.4 Å².